The predicted octanol–water partition coefficient (Wildman–Crippen LogP) is -0.783. The van der Waals surface area contributed by atoms with Gasteiger partial charge in [0.1, 0.15) is 6.10 Å². The first-order valence-electron chi connectivity index (χ1n) is 5.32. The predicted molar refractivity (Wildman–Crippen MR) is 57.3 cm³/mol. The molecule has 1 saturated heterocycles. The smallest absolute Gasteiger partial charge is 0.364 e. The fraction of sp³-hybridized carbons (Fsp3) is 0.889. The summed E-state index contributed by atoms with van der Waals surface area (Å²) >= 11 is 0. The van der Waals surface area contributed by atoms with Gasteiger partial charge in [-0.15, -0.1) is 0 Å². The van der Waals surface area contributed by atoms with Crippen LogP contribution in [-0.4, -0.2) is 57.0 Å². The third-order valence-corrected chi connectivity index (χ3v) is 2.88. The fourth-order valence-electron chi connectivity index (χ4n) is 1.83. The molecule has 9 nitrogen and oxygen atoms in total. The van der Waals surface area contributed by atoms with Gasteiger partial charge in [0.2, 0.25) is 0 Å². The van der Waals surface area contributed by atoms with E-state index in [9.17, 15) is 20.1 Å². The highest BCUT2D eigenvalue weighted by Gasteiger charge is 2.51. The van der Waals surface area contributed by atoms with Crippen LogP contribution in [0.4, 0.5) is 0 Å². The Kier molecular flexibility index (Phi) is 4.49. The molecule has 3 unspecified atom stereocenters. The van der Waals surface area contributed by atoms with Gasteiger partial charge in [-0.3, -0.25) is 0 Å². The lowest BCUT2D eigenvalue weighted by molar-refractivity contribution is -0.301. The highest BCUT2D eigenvalue weighted by atomic mass is 16.7. The molecule has 0 aromatic heterocycles. The van der Waals surface area contributed by atoms with Gasteiger partial charge < -0.3 is 25.2 Å². The van der Waals surface area contributed by atoms with Gasteiger partial charge in [-0.1, -0.05) is 12.0 Å². The largest absolute Gasteiger partial charge is 0.477 e. The van der Waals surface area contributed by atoms with Crippen LogP contribution in [0, 0.1) is 5.92 Å². The Morgan fingerprint density at radius 1 is 1.67 bits per heavy atom. The summed E-state index contributed by atoms with van der Waals surface area (Å²) < 4.78 is 4.94. The molecular formula is C9H15N3O6. The maximum atomic E-state index is 10.9. The molecule has 0 amide bonds. The van der Waals surface area contributed by atoms with E-state index in [-0.39, 0.29) is 6.54 Å². The number of azide groups is 1. The molecule has 5 atom stereocenters. The molecule has 1 heterocycles. The van der Waals surface area contributed by atoms with Gasteiger partial charge in [0, 0.05) is 17.9 Å². The topological polar surface area (TPSA) is 156 Å². The molecule has 0 aromatic carbocycles. The minimum absolute atomic E-state index is 0.0549. The van der Waals surface area contributed by atoms with E-state index >= 15 is 0 Å². The van der Waals surface area contributed by atoms with Crippen LogP contribution in [0.5, 0.6) is 0 Å². The average Bonchev–Trinajstić information content (AvgIpc) is 2.30. The van der Waals surface area contributed by atoms with Crippen molar-refractivity contribution < 1.29 is 30.0 Å². The zero-order valence-corrected chi connectivity index (χ0v) is 9.67. The van der Waals surface area contributed by atoms with Crippen molar-refractivity contribution >= 4 is 5.97 Å². The minimum Gasteiger partial charge on any atom is -0.477 e. The van der Waals surface area contributed by atoms with Gasteiger partial charge in [-0.25, -0.2) is 4.79 Å². The van der Waals surface area contributed by atoms with Crippen LogP contribution in [-0.2, 0) is 9.53 Å². The lowest BCUT2D eigenvalue weighted by atomic mass is 9.89. The van der Waals surface area contributed by atoms with Crippen LogP contribution in [0.1, 0.15) is 13.3 Å². The average molecular weight is 261 g/mol. The standard InChI is InChI=1S/C9H15N3O6/c1-4(3-11-12-10)7-6(14)5(13)2-9(17,18-7)8(15)16/h4-7,13-14,17H,2-3H2,1H3,(H,15,16)/t4-,5?,6-,7?,9?/m1/s1. The van der Waals surface area contributed by atoms with Crippen molar-refractivity contribution in [3.63, 3.8) is 0 Å². The van der Waals surface area contributed by atoms with E-state index in [0.29, 0.717) is 0 Å². The Bertz CT molecular complexity index is 371. The van der Waals surface area contributed by atoms with E-state index in [2.05, 4.69) is 10.0 Å². The molecule has 0 spiro atoms. The van der Waals surface area contributed by atoms with Crippen molar-refractivity contribution in [2.75, 3.05) is 6.54 Å². The SMILES string of the molecule is C[C@H](CN=[N+]=[N-])C1OC(O)(C(=O)O)CC(O)[C@H]1O. The van der Waals surface area contributed by atoms with Gasteiger partial charge in [0.05, 0.1) is 12.2 Å². The lowest BCUT2D eigenvalue weighted by Crippen LogP contribution is -2.60. The second-order valence-electron chi connectivity index (χ2n) is 4.32. The van der Waals surface area contributed by atoms with E-state index in [4.69, 9.17) is 15.4 Å². The van der Waals surface area contributed by atoms with E-state index in [1.165, 1.54) is 0 Å². The first-order valence-corrected chi connectivity index (χ1v) is 5.32. The Hall–Kier alpha value is -1.38. The molecule has 1 fully saturated rings. The molecule has 1 aliphatic heterocycles. The number of aliphatic hydroxyl groups excluding tert-OH is 2. The molecule has 102 valence electrons. The van der Waals surface area contributed by atoms with Crippen LogP contribution >= 0.6 is 0 Å². The van der Waals surface area contributed by atoms with Crippen molar-refractivity contribution in [3.8, 4) is 0 Å². The van der Waals surface area contributed by atoms with Gasteiger partial charge >= 0.3 is 5.97 Å². The number of carbonyl (C=O) groups is 1. The number of aliphatic carboxylic acids is 1. The van der Waals surface area contributed by atoms with E-state index in [1.54, 1.807) is 6.92 Å². The van der Waals surface area contributed by atoms with Crippen LogP contribution < -0.4 is 0 Å². The zero-order valence-electron chi connectivity index (χ0n) is 9.67. The summed E-state index contributed by atoms with van der Waals surface area (Å²) in [7, 11) is 0. The Balaban J connectivity index is 2.88. The summed E-state index contributed by atoms with van der Waals surface area (Å²) in [6, 6.07) is 0. The summed E-state index contributed by atoms with van der Waals surface area (Å²) in [5, 5.41) is 41.0. The minimum atomic E-state index is -2.55. The second kappa shape index (κ2) is 5.51. The number of ether oxygens (including phenoxy) is 1. The van der Waals surface area contributed by atoms with E-state index < -0.39 is 42.4 Å². The number of carboxylic acid groups (broad SMARTS) is 1. The quantitative estimate of drug-likeness (QED) is 0.295. The molecule has 1 rings (SSSR count). The maximum absolute atomic E-state index is 10.9. The van der Waals surface area contributed by atoms with Crippen molar-refractivity contribution in [3.05, 3.63) is 10.4 Å². The third kappa shape index (κ3) is 2.89. The second-order valence-corrected chi connectivity index (χ2v) is 4.32. The van der Waals surface area contributed by atoms with Crippen molar-refractivity contribution in [2.45, 2.75) is 37.4 Å². The van der Waals surface area contributed by atoms with Crippen molar-refractivity contribution in [1.82, 2.24) is 0 Å². The summed E-state index contributed by atoms with van der Waals surface area (Å²) in [6.45, 7) is 1.49. The monoisotopic (exact) mass is 261 g/mol. The Morgan fingerprint density at radius 3 is 2.78 bits per heavy atom. The molecule has 0 radical (unpaired) electrons. The van der Waals surface area contributed by atoms with Gasteiger partial charge in [0.15, 0.2) is 0 Å². The van der Waals surface area contributed by atoms with Crippen molar-refractivity contribution in [1.29, 1.82) is 0 Å². The number of hydrogen-bond donors (Lipinski definition) is 4. The molecule has 18 heavy (non-hydrogen) atoms. The van der Waals surface area contributed by atoms with Crippen molar-refractivity contribution in [2.24, 2.45) is 11.0 Å². The molecule has 4 N–H and O–H groups in total. The van der Waals surface area contributed by atoms with Crippen LogP contribution in [0.25, 0.3) is 10.4 Å². The lowest BCUT2D eigenvalue weighted by Gasteiger charge is -2.42. The number of rotatable bonds is 4. The number of nitrogens with zero attached hydrogens (tertiary/aromatic N) is 3. The van der Waals surface area contributed by atoms with Gasteiger partial charge in [-0.05, 0) is 11.4 Å². The molecule has 1 aliphatic rings. The van der Waals surface area contributed by atoms with Gasteiger partial charge in [-0.2, -0.15) is 0 Å². The zero-order chi connectivity index (χ0) is 13.9. The molecule has 9 heteroatoms. The van der Waals surface area contributed by atoms with Crippen LogP contribution in [0.3, 0.4) is 0 Å². The highest BCUT2D eigenvalue weighted by Crippen LogP contribution is 2.31. The summed E-state index contributed by atoms with van der Waals surface area (Å²) in [5.74, 6) is -4.75. The van der Waals surface area contributed by atoms with Gasteiger partial charge in [0.25, 0.3) is 5.79 Å². The molecule has 0 aliphatic carbocycles. The Labute approximate surface area is 102 Å². The summed E-state index contributed by atoms with van der Waals surface area (Å²) in [5.41, 5.74) is 8.18. The first-order chi connectivity index (χ1) is 8.31. The molecule has 0 saturated carbocycles. The molecule has 0 aromatic rings. The summed E-state index contributed by atoms with van der Waals surface area (Å²) in [4.78, 5) is 13.4. The third-order valence-electron chi connectivity index (χ3n) is 2.88. The first kappa shape index (κ1) is 14.7. The molecule has 0 bridgehead atoms. The number of carboxylic acids is 1. The number of aliphatic hydroxyl groups is 3. The maximum Gasteiger partial charge on any atom is 0.364 e. The van der Waals surface area contributed by atoms with Crippen LogP contribution in [0.15, 0.2) is 5.11 Å². The highest BCUT2D eigenvalue weighted by molar-refractivity contribution is 5.75. The van der Waals surface area contributed by atoms with E-state index in [1.807, 2.05) is 0 Å². The Morgan fingerprint density at radius 2 is 2.28 bits per heavy atom. The fourth-order valence-corrected chi connectivity index (χ4v) is 1.83. The van der Waals surface area contributed by atoms with Crippen LogP contribution in [0.2, 0.25) is 0 Å². The van der Waals surface area contributed by atoms with E-state index in [0.717, 1.165) is 0 Å². The number of hydrogen-bond acceptors (Lipinski definition) is 6. The normalized spacial score (nSPS) is 37.7. The summed E-state index contributed by atoms with van der Waals surface area (Å²) in [6.07, 6.45) is -4.55. The molecular weight excluding hydrogens is 246 g/mol.